The lowest BCUT2D eigenvalue weighted by atomic mass is 9.96. The summed E-state index contributed by atoms with van der Waals surface area (Å²) in [6, 6.07) is 8.44. The molecule has 0 spiro atoms. The average molecular weight is 439 g/mol. The molecule has 1 amide bonds. The highest BCUT2D eigenvalue weighted by Crippen LogP contribution is 2.42. The van der Waals surface area contributed by atoms with Gasteiger partial charge in [0.25, 0.3) is 5.91 Å². The Morgan fingerprint density at radius 2 is 1.84 bits per heavy atom. The van der Waals surface area contributed by atoms with E-state index in [4.69, 9.17) is 4.42 Å². The summed E-state index contributed by atoms with van der Waals surface area (Å²) >= 11 is 0. The number of aryl methyl sites for hydroxylation is 2. The van der Waals surface area contributed by atoms with Gasteiger partial charge in [0, 0.05) is 6.04 Å². The zero-order chi connectivity index (χ0) is 22.1. The molecule has 160 valence electrons. The Morgan fingerprint density at radius 3 is 2.52 bits per heavy atom. The molecular formula is C23H21NO6S. The zero-order valence-electron chi connectivity index (χ0n) is 17.1. The number of carbonyl (C=O) groups excluding carboxylic acids is 1. The largest absolute Gasteiger partial charge is 0.508 e. The van der Waals surface area contributed by atoms with Gasteiger partial charge in [-0.15, -0.1) is 0 Å². The van der Waals surface area contributed by atoms with Gasteiger partial charge in [-0.1, -0.05) is 12.1 Å². The fourth-order valence-electron chi connectivity index (χ4n) is 4.64. The number of rotatable bonds is 2. The van der Waals surface area contributed by atoms with Crippen LogP contribution >= 0.6 is 0 Å². The van der Waals surface area contributed by atoms with Crippen LogP contribution in [0.15, 0.2) is 45.6 Å². The van der Waals surface area contributed by atoms with Gasteiger partial charge >= 0.3 is 0 Å². The van der Waals surface area contributed by atoms with Crippen molar-refractivity contribution in [3.05, 3.63) is 74.6 Å². The zero-order valence-corrected chi connectivity index (χ0v) is 17.9. The molecule has 0 aliphatic carbocycles. The number of carbonyl (C=O) groups is 1. The van der Waals surface area contributed by atoms with Crippen LogP contribution in [0.25, 0.3) is 11.0 Å². The SMILES string of the molecule is Cc1cc2oc3c(c(=O)c2cc1C)[C@H](c1cccc(O)c1)N([C@@H]1CCS(=O)(=O)C1)C3=O. The monoisotopic (exact) mass is 439 g/mol. The van der Waals surface area contributed by atoms with Crippen LogP contribution in [-0.2, 0) is 9.84 Å². The maximum absolute atomic E-state index is 13.6. The lowest BCUT2D eigenvalue weighted by Crippen LogP contribution is -2.40. The molecule has 5 rings (SSSR count). The van der Waals surface area contributed by atoms with Gasteiger partial charge in [0.15, 0.2) is 15.3 Å². The van der Waals surface area contributed by atoms with Gasteiger partial charge in [0.2, 0.25) is 5.76 Å². The van der Waals surface area contributed by atoms with E-state index in [0.717, 1.165) is 11.1 Å². The van der Waals surface area contributed by atoms with Gasteiger partial charge in [-0.2, -0.15) is 0 Å². The van der Waals surface area contributed by atoms with Crippen molar-refractivity contribution in [1.29, 1.82) is 0 Å². The number of sulfone groups is 1. The third-order valence-electron chi connectivity index (χ3n) is 6.31. The van der Waals surface area contributed by atoms with Gasteiger partial charge in [0.1, 0.15) is 11.3 Å². The molecule has 1 fully saturated rings. The highest BCUT2D eigenvalue weighted by molar-refractivity contribution is 7.91. The summed E-state index contributed by atoms with van der Waals surface area (Å²) in [5.74, 6) is -0.726. The van der Waals surface area contributed by atoms with Gasteiger partial charge in [-0.05, 0) is 61.2 Å². The van der Waals surface area contributed by atoms with Crippen molar-refractivity contribution < 1.29 is 22.7 Å². The molecule has 7 nitrogen and oxygen atoms in total. The Bertz CT molecular complexity index is 1420. The van der Waals surface area contributed by atoms with Crippen molar-refractivity contribution in [2.24, 2.45) is 0 Å². The molecule has 3 heterocycles. The molecule has 0 radical (unpaired) electrons. The lowest BCUT2D eigenvalue weighted by Gasteiger charge is -2.30. The van der Waals surface area contributed by atoms with Crippen molar-refractivity contribution in [3.8, 4) is 5.75 Å². The fourth-order valence-corrected chi connectivity index (χ4v) is 6.35. The molecule has 8 heteroatoms. The first-order valence-electron chi connectivity index (χ1n) is 10.1. The van der Waals surface area contributed by atoms with E-state index in [0.29, 0.717) is 23.0 Å². The van der Waals surface area contributed by atoms with Crippen LogP contribution in [0.3, 0.4) is 0 Å². The summed E-state index contributed by atoms with van der Waals surface area (Å²) in [5.41, 5.74) is 2.60. The van der Waals surface area contributed by atoms with Crippen molar-refractivity contribution in [3.63, 3.8) is 0 Å². The molecule has 2 aromatic carbocycles. The first-order valence-corrected chi connectivity index (χ1v) is 11.9. The summed E-state index contributed by atoms with van der Waals surface area (Å²) < 4.78 is 30.2. The van der Waals surface area contributed by atoms with E-state index in [1.807, 2.05) is 13.8 Å². The first kappa shape index (κ1) is 19.8. The Balaban J connectivity index is 1.79. The minimum absolute atomic E-state index is 0.00552. The fraction of sp³-hybridized carbons (Fsp3) is 0.304. The first-order chi connectivity index (χ1) is 14.7. The third-order valence-corrected chi connectivity index (χ3v) is 8.06. The molecule has 2 atom stereocenters. The summed E-state index contributed by atoms with van der Waals surface area (Å²) in [4.78, 5) is 28.5. The van der Waals surface area contributed by atoms with E-state index >= 15 is 0 Å². The Morgan fingerprint density at radius 1 is 1.10 bits per heavy atom. The molecule has 1 saturated heterocycles. The Labute approximate surface area is 178 Å². The predicted molar refractivity (Wildman–Crippen MR) is 115 cm³/mol. The van der Waals surface area contributed by atoms with Gasteiger partial charge in [-0.25, -0.2) is 8.42 Å². The van der Waals surface area contributed by atoms with Crippen LogP contribution in [-0.4, -0.2) is 41.9 Å². The summed E-state index contributed by atoms with van der Waals surface area (Å²) in [6.07, 6.45) is 0.295. The Hall–Kier alpha value is -3.13. The lowest BCUT2D eigenvalue weighted by molar-refractivity contribution is 0.0662. The molecule has 31 heavy (non-hydrogen) atoms. The maximum atomic E-state index is 13.6. The molecule has 0 unspecified atom stereocenters. The average Bonchev–Trinajstić information content (AvgIpc) is 3.20. The third kappa shape index (κ3) is 3.05. The summed E-state index contributed by atoms with van der Waals surface area (Å²) in [5, 5.41) is 10.4. The molecular weight excluding hydrogens is 418 g/mol. The molecule has 2 aliphatic heterocycles. The van der Waals surface area contributed by atoms with Crippen LogP contribution in [0.1, 0.15) is 45.3 Å². The minimum Gasteiger partial charge on any atom is -0.508 e. The number of hydrogen-bond donors (Lipinski definition) is 1. The maximum Gasteiger partial charge on any atom is 0.291 e. The highest BCUT2D eigenvalue weighted by Gasteiger charge is 2.48. The highest BCUT2D eigenvalue weighted by atomic mass is 32.2. The molecule has 0 saturated carbocycles. The summed E-state index contributed by atoms with van der Waals surface area (Å²) in [6.45, 7) is 3.80. The number of hydrogen-bond acceptors (Lipinski definition) is 6. The van der Waals surface area contributed by atoms with Gasteiger partial charge in [-0.3, -0.25) is 9.59 Å². The molecule has 2 aliphatic rings. The van der Waals surface area contributed by atoms with E-state index in [1.165, 1.54) is 17.0 Å². The van der Waals surface area contributed by atoms with Crippen LogP contribution in [0.5, 0.6) is 5.75 Å². The minimum atomic E-state index is -3.27. The molecule has 1 N–H and O–H groups in total. The second-order valence-electron chi connectivity index (χ2n) is 8.37. The van der Waals surface area contributed by atoms with E-state index in [1.54, 1.807) is 24.3 Å². The second-order valence-corrected chi connectivity index (χ2v) is 10.6. The quantitative estimate of drug-likeness (QED) is 0.658. The van der Waals surface area contributed by atoms with Crippen LogP contribution in [0.2, 0.25) is 0 Å². The Kier molecular flexibility index (Phi) is 4.27. The molecule has 0 bridgehead atoms. The van der Waals surface area contributed by atoms with Gasteiger partial charge in [0.05, 0.1) is 28.5 Å². The predicted octanol–water partition coefficient (Wildman–Crippen LogP) is 2.85. The number of benzene rings is 2. The number of nitrogens with zero attached hydrogens (tertiary/aromatic N) is 1. The molecule has 1 aromatic heterocycles. The number of amides is 1. The van der Waals surface area contributed by atoms with E-state index in [-0.39, 0.29) is 34.0 Å². The number of aromatic hydroxyl groups is 1. The number of phenols is 1. The van der Waals surface area contributed by atoms with Crippen molar-refractivity contribution in [1.82, 2.24) is 4.90 Å². The number of phenolic OH excluding ortho intramolecular Hbond substituents is 1. The molecule has 3 aromatic rings. The van der Waals surface area contributed by atoms with Crippen LogP contribution in [0, 0.1) is 13.8 Å². The topological polar surface area (TPSA) is 105 Å². The van der Waals surface area contributed by atoms with Crippen molar-refractivity contribution >= 4 is 26.7 Å². The normalized spacial score (nSPS) is 22.3. The number of fused-ring (bicyclic) bond motifs is 2. The van der Waals surface area contributed by atoms with Crippen LogP contribution in [0.4, 0.5) is 0 Å². The standard InChI is InChI=1S/C23H21NO6S/c1-12-8-17-18(9-13(12)2)30-22-19(21(17)26)20(14-4-3-5-16(25)10-14)24(23(22)27)15-6-7-31(28,29)11-15/h3-5,8-10,15,20,25H,6-7,11H2,1-2H3/t15-,20+/m1/s1. The van der Waals surface area contributed by atoms with E-state index < -0.39 is 27.8 Å². The second kappa shape index (κ2) is 6.68. The van der Waals surface area contributed by atoms with E-state index in [2.05, 4.69) is 0 Å². The summed E-state index contributed by atoms with van der Waals surface area (Å²) in [7, 11) is -3.27. The van der Waals surface area contributed by atoms with Crippen LogP contribution < -0.4 is 5.43 Å². The van der Waals surface area contributed by atoms with Crippen molar-refractivity contribution in [2.75, 3.05) is 11.5 Å². The smallest absolute Gasteiger partial charge is 0.291 e. The van der Waals surface area contributed by atoms with E-state index in [9.17, 15) is 23.1 Å². The van der Waals surface area contributed by atoms with Gasteiger partial charge < -0.3 is 14.4 Å². The van der Waals surface area contributed by atoms with Crippen molar-refractivity contribution in [2.45, 2.75) is 32.4 Å².